The molecule has 2 aromatic heterocycles. The molecule has 0 unspecified atom stereocenters. The van der Waals surface area contributed by atoms with Crippen molar-refractivity contribution < 1.29 is 19.0 Å². The fraction of sp³-hybridized carbons (Fsp3) is 0.231. The van der Waals surface area contributed by atoms with E-state index >= 15 is 0 Å². The Balaban J connectivity index is 1.38. The summed E-state index contributed by atoms with van der Waals surface area (Å²) in [4.78, 5) is 19.2. The second-order valence-corrected chi connectivity index (χ2v) is 7.81. The third kappa shape index (κ3) is 4.92. The number of amides is 1. The van der Waals surface area contributed by atoms with Gasteiger partial charge in [0.2, 0.25) is 0 Å². The third-order valence-electron chi connectivity index (χ3n) is 5.46. The van der Waals surface area contributed by atoms with E-state index in [1.807, 2.05) is 54.0 Å². The molecule has 0 aliphatic heterocycles. The fourth-order valence-corrected chi connectivity index (χ4v) is 3.66. The lowest BCUT2D eigenvalue weighted by Gasteiger charge is -2.19. The predicted molar refractivity (Wildman–Crippen MR) is 126 cm³/mol. The van der Waals surface area contributed by atoms with E-state index in [2.05, 4.69) is 4.98 Å². The van der Waals surface area contributed by atoms with Gasteiger partial charge in [0.15, 0.2) is 0 Å². The van der Waals surface area contributed by atoms with Crippen LogP contribution in [0.15, 0.2) is 67.0 Å². The van der Waals surface area contributed by atoms with E-state index in [0.717, 1.165) is 22.5 Å². The van der Waals surface area contributed by atoms with E-state index in [9.17, 15) is 4.79 Å². The average molecular weight is 446 g/mol. The number of pyridine rings is 1. The van der Waals surface area contributed by atoms with Gasteiger partial charge in [0.05, 0.1) is 19.9 Å². The molecule has 0 saturated carbocycles. The summed E-state index contributed by atoms with van der Waals surface area (Å²) in [5.41, 5.74) is 4.37. The highest BCUT2D eigenvalue weighted by Crippen LogP contribution is 2.26. The summed E-state index contributed by atoms with van der Waals surface area (Å²) in [6.45, 7) is 2.80. The molecule has 0 aliphatic rings. The molecule has 7 nitrogen and oxygen atoms in total. The van der Waals surface area contributed by atoms with Gasteiger partial charge in [-0.15, -0.1) is 0 Å². The first-order valence-electron chi connectivity index (χ1n) is 10.6. The van der Waals surface area contributed by atoms with Gasteiger partial charge in [-0.3, -0.25) is 4.79 Å². The van der Waals surface area contributed by atoms with Crippen molar-refractivity contribution in [2.45, 2.75) is 20.1 Å². The number of ether oxygens (including phenoxy) is 3. The van der Waals surface area contributed by atoms with Crippen LogP contribution in [0.2, 0.25) is 0 Å². The number of fused-ring (bicyclic) bond motifs is 1. The molecule has 0 fully saturated rings. The van der Waals surface area contributed by atoms with Crippen molar-refractivity contribution in [3.05, 3.63) is 89.4 Å². The minimum Gasteiger partial charge on any atom is -0.497 e. The van der Waals surface area contributed by atoms with Crippen molar-refractivity contribution in [1.29, 1.82) is 0 Å². The second kappa shape index (κ2) is 9.65. The van der Waals surface area contributed by atoms with Crippen molar-refractivity contribution in [2.75, 3.05) is 21.3 Å². The van der Waals surface area contributed by atoms with Gasteiger partial charge in [-0.2, -0.15) is 0 Å². The minimum absolute atomic E-state index is 0.0877. The summed E-state index contributed by atoms with van der Waals surface area (Å²) in [5.74, 6) is 1.98. The van der Waals surface area contributed by atoms with E-state index < -0.39 is 0 Å². The zero-order chi connectivity index (χ0) is 23.4. The lowest BCUT2D eigenvalue weighted by molar-refractivity contribution is 0.0784. The number of methoxy groups -OCH3 is 2. The maximum absolute atomic E-state index is 12.9. The number of rotatable bonds is 8. The first-order valence-corrected chi connectivity index (χ1v) is 10.6. The molecular formula is C26H27N3O4. The molecule has 2 heterocycles. The van der Waals surface area contributed by atoms with E-state index in [-0.39, 0.29) is 5.91 Å². The van der Waals surface area contributed by atoms with Crippen LogP contribution < -0.4 is 14.2 Å². The average Bonchev–Trinajstić information content (AvgIpc) is 3.27. The van der Waals surface area contributed by atoms with Gasteiger partial charge in [0.1, 0.15) is 29.5 Å². The van der Waals surface area contributed by atoms with E-state index in [1.165, 1.54) is 0 Å². The number of hydrogen-bond acceptors (Lipinski definition) is 5. The molecule has 0 radical (unpaired) electrons. The molecule has 170 valence electrons. The Hall–Kier alpha value is -4.00. The van der Waals surface area contributed by atoms with E-state index in [1.54, 1.807) is 50.4 Å². The lowest BCUT2D eigenvalue weighted by atomic mass is 10.1. The Bertz CT molecular complexity index is 1260. The van der Waals surface area contributed by atoms with Crippen LogP contribution in [0.1, 0.15) is 27.2 Å². The molecule has 0 atom stereocenters. The zero-order valence-corrected chi connectivity index (χ0v) is 19.2. The zero-order valence-electron chi connectivity index (χ0n) is 19.2. The van der Waals surface area contributed by atoms with Crippen molar-refractivity contribution in [2.24, 2.45) is 0 Å². The van der Waals surface area contributed by atoms with Gasteiger partial charge in [-0.25, -0.2) is 4.98 Å². The standard InChI is InChI=1S/C26H27N3O4/c1-18-6-5-13-29-16-21(27-25(18)29)17-33-22-10-7-19(8-11-22)26(30)28(2)15-20-9-12-23(31-3)14-24(20)32-4/h5-14,16H,15,17H2,1-4H3. The highest BCUT2D eigenvalue weighted by atomic mass is 16.5. The van der Waals surface area contributed by atoms with Crippen LogP contribution in [0, 0.1) is 6.92 Å². The molecule has 1 amide bonds. The Morgan fingerprint density at radius 3 is 2.48 bits per heavy atom. The molecule has 0 N–H and O–H groups in total. The SMILES string of the molecule is COc1ccc(CN(C)C(=O)c2ccc(OCc3cn4cccc(C)c4n3)cc2)c(OC)c1. The number of nitrogens with zero attached hydrogens (tertiary/aromatic N) is 3. The van der Waals surface area contributed by atoms with Gasteiger partial charge in [-0.1, -0.05) is 6.07 Å². The Morgan fingerprint density at radius 1 is 1.03 bits per heavy atom. The normalized spacial score (nSPS) is 10.8. The quantitative estimate of drug-likeness (QED) is 0.399. The van der Waals surface area contributed by atoms with Gasteiger partial charge in [0, 0.05) is 43.2 Å². The predicted octanol–water partition coefficient (Wildman–Crippen LogP) is 4.51. The Morgan fingerprint density at radius 2 is 1.79 bits per heavy atom. The highest BCUT2D eigenvalue weighted by molar-refractivity contribution is 5.94. The van der Waals surface area contributed by atoms with Crippen molar-refractivity contribution in [1.82, 2.24) is 14.3 Å². The molecule has 0 spiro atoms. The van der Waals surface area contributed by atoms with Gasteiger partial charge in [-0.05, 0) is 55.0 Å². The van der Waals surface area contributed by atoms with Crippen LogP contribution in [-0.2, 0) is 13.2 Å². The molecule has 33 heavy (non-hydrogen) atoms. The first kappa shape index (κ1) is 22.2. The molecule has 4 rings (SSSR count). The number of aromatic nitrogens is 2. The molecular weight excluding hydrogens is 418 g/mol. The Labute approximate surface area is 193 Å². The summed E-state index contributed by atoms with van der Waals surface area (Å²) in [7, 11) is 4.98. The molecule has 0 saturated heterocycles. The lowest BCUT2D eigenvalue weighted by Crippen LogP contribution is -2.26. The molecule has 2 aromatic carbocycles. The number of aryl methyl sites for hydroxylation is 1. The third-order valence-corrected chi connectivity index (χ3v) is 5.46. The van der Waals surface area contributed by atoms with Gasteiger partial charge >= 0.3 is 0 Å². The number of hydrogen-bond donors (Lipinski definition) is 0. The largest absolute Gasteiger partial charge is 0.497 e. The summed E-state index contributed by atoms with van der Waals surface area (Å²) >= 11 is 0. The summed E-state index contributed by atoms with van der Waals surface area (Å²) in [5, 5.41) is 0. The van der Waals surface area contributed by atoms with Gasteiger partial charge < -0.3 is 23.5 Å². The number of imidazole rings is 1. The fourth-order valence-electron chi connectivity index (χ4n) is 3.66. The second-order valence-electron chi connectivity index (χ2n) is 7.81. The van der Waals surface area contributed by atoms with Crippen LogP contribution in [0.4, 0.5) is 0 Å². The maximum Gasteiger partial charge on any atom is 0.253 e. The summed E-state index contributed by atoms with van der Waals surface area (Å²) < 4.78 is 18.5. The Kier molecular flexibility index (Phi) is 6.49. The smallest absolute Gasteiger partial charge is 0.253 e. The van der Waals surface area contributed by atoms with E-state index in [4.69, 9.17) is 14.2 Å². The molecule has 7 heteroatoms. The first-order chi connectivity index (χ1) is 16.0. The van der Waals surface area contributed by atoms with Gasteiger partial charge in [0.25, 0.3) is 5.91 Å². The summed E-state index contributed by atoms with van der Waals surface area (Å²) in [6.07, 6.45) is 3.93. The van der Waals surface area contributed by atoms with Crippen LogP contribution in [-0.4, -0.2) is 41.5 Å². The number of benzene rings is 2. The number of carbonyl (C=O) groups is 1. The number of carbonyl (C=O) groups excluding carboxylic acids is 1. The topological polar surface area (TPSA) is 65.3 Å². The molecule has 0 aliphatic carbocycles. The van der Waals surface area contributed by atoms with Crippen molar-refractivity contribution >= 4 is 11.6 Å². The maximum atomic E-state index is 12.9. The van der Waals surface area contributed by atoms with Crippen molar-refractivity contribution in [3.8, 4) is 17.2 Å². The van der Waals surface area contributed by atoms with Crippen LogP contribution in [0.25, 0.3) is 5.65 Å². The van der Waals surface area contributed by atoms with Crippen LogP contribution in [0.5, 0.6) is 17.2 Å². The van der Waals surface area contributed by atoms with E-state index in [0.29, 0.717) is 36.0 Å². The monoisotopic (exact) mass is 445 g/mol. The van der Waals surface area contributed by atoms with Crippen LogP contribution in [0.3, 0.4) is 0 Å². The highest BCUT2D eigenvalue weighted by Gasteiger charge is 2.15. The summed E-state index contributed by atoms with van der Waals surface area (Å²) in [6, 6.07) is 16.7. The van der Waals surface area contributed by atoms with Crippen molar-refractivity contribution in [3.63, 3.8) is 0 Å². The molecule has 0 bridgehead atoms. The molecule has 4 aromatic rings. The minimum atomic E-state index is -0.0877. The van der Waals surface area contributed by atoms with Crippen LogP contribution >= 0.6 is 0 Å².